The topological polar surface area (TPSA) is 31.2 Å². The number of alkyl halides is 3. The minimum atomic E-state index is -4.48. The van der Waals surface area contributed by atoms with Crippen molar-refractivity contribution in [2.45, 2.75) is 6.18 Å². The molecule has 2 heterocycles. The highest BCUT2D eigenvalue weighted by Gasteiger charge is 2.41. The van der Waals surface area contributed by atoms with Gasteiger partial charge in [0.1, 0.15) is 5.70 Å². The highest BCUT2D eigenvalue weighted by molar-refractivity contribution is 6.13. The summed E-state index contributed by atoms with van der Waals surface area (Å²) < 4.78 is 37.0. The first-order valence-electron chi connectivity index (χ1n) is 4.26. The van der Waals surface area contributed by atoms with Gasteiger partial charge in [0, 0.05) is 20.3 Å². The van der Waals surface area contributed by atoms with Gasteiger partial charge in [0.05, 0.1) is 6.67 Å². The molecule has 82 valence electrons. The van der Waals surface area contributed by atoms with E-state index in [1.165, 1.54) is 0 Å². The summed E-state index contributed by atoms with van der Waals surface area (Å²) in [6.45, 7) is 0.503. The van der Waals surface area contributed by atoms with E-state index in [1.54, 1.807) is 30.1 Å². The van der Waals surface area contributed by atoms with E-state index in [4.69, 9.17) is 0 Å². The van der Waals surface area contributed by atoms with Crippen molar-refractivity contribution in [3.8, 4) is 0 Å². The maximum absolute atomic E-state index is 12.3. The molecule has 0 aliphatic carbocycles. The van der Waals surface area contributed by atoms with Crippen molar-refractivity contribution in [3.63, 3.8) is 0 Å². The zero-order valence-electron chi connectivity index (χ0n) is 8.21. The second-order valence-corrected chi connectivity index (χ2v) is 3.48. The molecule has 0 amide bonds. The fourth-order valence-electron chi connectivity index (χ4n) is 1.49. The summed E-state index contributed by atoms with van der Waals surface area (Å²) >= 11 is 0. The molecule has 2 aliphatic rings. The molecular weight excluding hydrogens is 209 g/mol. The molecule has 0 saturated carbocycles. The summed E-state index contributed by atoms with van der Waals surface area (Å²) in [6, 6.07) is 0. The first-order chi connectivity index (χ1) is 6.88. The van der Waals surface area contributed by atoms with Gasteiger partial charge in [-0.1, -0.05) is 0 Å². The Hall–Kier alpha value is -1.53. The Morgan fingerprint density at radius 2 is 1.93 bits per heavy atom. The zero-order valence-corrected chi connectivity index (χ0v) is 8.21. The van der Waals surface area contributed by atoms with E-state index in [9.17, 15) is 13.2 Å². The second kappa shape index (κ2) is 2.98. The molecule has 0 aromatic carbocycles. The molecule has 0 aromatic heterocycles. The monoisotopic (exact) mass is 218 g/mol. The SMILES string of the molecule is CN1C=C2N=C(C(F)(F)F)N=C2N(C)C1. The van der Waals surface area contributed by atoms with Crippen LogP contribution in [-0.4, -0.2) is 48.4 Å². The van der Waals surface area contributed by atoms with E-state index in [2.05, 4.69) is 9.98 Å². The molecule has 0 aromatic rings. The van der Waals surface area contributed by atoms with Crippen molar-refractivity contribution in [2.24, 2.45) is 9.98 Å². The van der Waals surface area contributed by atoms with Gasteiger partial charge in [0.2, 0.25) is 5.84 Å². The van der Waals surface area contributed by atoms with Crippen molar-refractivity contribution in [2.75, 3.05) is 20.8 Å². The van der Waals surface area contributed by atoms with Crippen LogP contribution >= 0.6 is 0 Å². The lowest BCUT2D eigenvalue weighted by Gasteiger charge is -2.29. The van der Waals surface area contributed by atoms with E-state index >= 15 is 0 Å². The fraction of sp³-hybridized carbons (Fsp3) is 0.500. The normalized spacial score (nSPS) is 21.0. The molecule has 0 radical (unpaired) electrons. The van der Waals surface area contributed by atoms with E-state index in [-0.39, 0.29) is 11.5 Å². The Morgan fingerprint density at radius 3 is 2.53 bits per heavy atom. The maximum Gasteiger partial charge on any atom is 0.451 e. The molecular formula is C8H9F3N4. The molecule has 2 rings (SSSR count). The van der Waals surface area contributed by atoms with Crippen molar-refractivity contribution in [3.05, 3.63) is 11.9 Å². The average molecular weight is 218 g/mol. The number of halogens is 3. The summed E-state index contributed by atoms with van der Waals surface area (Å²) in [7, 11) is 3.44. The van der Waals surface area contributed by atoms with Gasteiger partial charge in [0.25, 0.3) is 0 Å². The average Bonchev–Trinajstić information content (AvgIpc) is 2.46. The van der Waals surface area contributed by atoms with Crippen LogP contribution in [0.4, 0.5) is 13.2 Å². The molecule has 0 saturated heterocycles. The molecule has 0 fully saturated rings. The van der Waals surface area contributed by atoms with Crippen LogP contribution in [-0.2, 0) is 0 Å². The van der Waals surface area contributed by atoms with Gasteiger partial charge in [-0.15, -0.1) is 0 Å². The Balaban J connectivity index is 2.38. The van der Waals surface area contributed by atoms with Gasteiger partial charge in [0.15, 0.2) is 5.84 Å². The number of aliphatic imine (C=N–C) groups is 2. The number of nitrogens with zero attached hydrogens (tertiary/aromatic N) is 4. The number of hydrogen-bond donors (Lipinski definition) is 0. The number of fused-ring (bicyclic) bond motifs is 1. The van der Waals surface area contributed by atoms with Crippen LogP contribution < -0.4 is 0 Å². The van der Waals surface area contributed by atoms with Gasteiger partial charge >= 0.3 is 6.18 Å². The third-order valence-corrected chi connectivity index (χ3v) is 2.06. The largest absolute Gasteiger partial charge is 0.451 e. The van der Waals surface area contributed by atoms with Gasteiger partial charge in [-0.25, -0.2) is 9.98 Å². The highest BCUT2D eigenvalue weighted by Crippen LogP contribution is 2.26. The van der Waals surface area contributed by atoms with E-state index < -0.39 is 12.0 Å². The minimum Gasteiger partial charge on any atom is -0.361 e. The third kappa shape index (κ3) is 1.69. The molecule has 0 atom stereocenters. The molecule has 0 spiro atoms. The fourth-order valence-corrected chi connectivity index (χ4v) is 1.49. The third-order valence-electron chi connectivity index (χ3n) is 2.06. The molecule has 7 heteroatoms. The van der Waals surface area contributed by atoms with Crippen molar-refractivity contribution in [1.29, 1.82) is 0 Å². The van der Waals surface area contributed by atoms with Crippen molar-refractivity contribution in [1.82, 2.24) is 9.80 Å². The van der Waals surface area contributed by atoms with Crippen LogP contribution in [0.15, 0.2) is 21.9 Å². The summed E-state index contributed by atoms with van der Waals surface area (Å²) in [4.78, 5) is 10.3. The van der Waals surface area contributed by atoms with Crippen molar-refractivity contribution >= 4 is 11.7 Å². The van der Waals surface area contributed by atoms with Crippen LogP contribution in [0.1, 0.15) is 0 Å². The Labute approximate surface area is 84.4 Å². The Kier molecular flexibility index (Phi) is 1.99. The number of amidine groups is 2. The standard InChI is InChI=1S/C8H9F3N4/c1-14-3-5-6(15(2)4-14)13-7(12-5)8(9,10)11/h3H,4H2,1-2H3. The first kappa shape index (κ1) is 10.0. The van der Waals surface area contributed by atoms with Gasteiger partial charge in [-0.05, 0) is 0 Å². The molecule has 15 heavy (non-hydrogen) atoms. The first-order valence-corrected chi connectivity index (χ1v) is 4.26. The summed E-state index contributed by atoms with van der Waals surface area (Å²) in [5.41, 5.74) is 0.263. The lowest BCUT2D eigenvalue weighted by atomic mass is 10.3. The van der Waals surface area contributed by atoms with Crippen molar-refractivity contribution < 1.29 is 13.2 Å². The Bertz CT molecular complexity index is 380. The van der Waals surface area contributed by atoms with Crippen LogP contribution in [0, 0.1) is 0 Å². The second-order valence-electron chi connectivity index (χ2n) is 3.48. The van der Waals surface area contributed by atoms with E-state index in [1.807, 2.05) is 0 Å². The van der Waals surface area contributed by atoms with Gasteiger partial charge < -0.3 is 9.80 Å². The molecule has 0 N–H and O–H groups in total. The zero-order chi connectivity index (χ0) is 11.2. The quantitative estimate of drug-likeness (QED) is 0.608. The highest BCUT2D eigenvalue weighted by atomic mass is 19.4. The number of rotatable bonds is 0. The summed E-state index contributed by atoms with van der Waals surface area (Å²) in [6.07, 6.45) is -2.93. The Morgan fingerprint density at radius 1 is 1.27 bits per heavy atom. The maximum atomic E-state index is 12.3. The van der Waals surface area contributed by atoms with Crippen LogP contribution in [0.5, 0.6) is 0 Å². The molecule has 2 aliphatic heterocycles. The lowest BCUT2D eigenvalue weighted by molar-refractivity contribution is -0.0595. The van der Waals surface area contributed by atoms with Crippen LogP contribution in [0.2, 0.25) is 0 Å². The smallest absolute Gasteiger partial charge is 0.361 e. The van der Waals surface area contributed by atoms with Gasteiger partial charge in [-0.2, -0.15) is 13.2 Å². The van der Waals surface area contributed by atoms with Crippen LogP contribution in [0.25, 0.3) is 0 Å². The minimum absolute atomic E-state index is 0.263. The molecule has 0 unspecified atom stereocenters. The number of hydrogen-bond acceptors (Lipinski definition) is 4. The summed E-state index contributed by atoms with van der Waals surface area (Å²) in [5, 5.41) is 0. The molecule has 4 nitrogen and oxygen atoms in total. The van der Waals surface area contributed by atoms with E-state index in [0.717, 1.165) is 0 Å². The molecule has 0 bridgehead atoms. The number of likely N-dealkylation sites (N-methyl/N-ethyl adjacent to an activating group) is 1. The lowest BCUT2D eigenvalue weighted by Crippen LogP contribution is -2.39. The van der Waals surface area contributed by atoms with Crippen LogP contribution in [0.3, 0.4) is 0 Å². The predicted octanol–water partition coefficient (Wildman–Crippen LogP) is 1.04. The van der Waals surface area contributed by atoms with E-state index in [0.29, 0.717) is 6.67 Å². The van der Waals surface area contributed by atoms with Gasteiger partial charge in [-0.3, -0.25) is 0 Å². The summed E-state index contributed by atoms with van der Waals surface area (Å²) in [5.74, 6) is -0.800. The predicted molar refractivity (Wildman–Crippen MR) is 49.4 cm³/mol.